The van der Waals surface area contributed by atoms with Crippen molar-refractivity contribution in [3.8, 4) is 0 Å². The van der Waals surface area contributed by atoms with Gasteiger partial charge in [0.2, 0.25) is 11.8 Å². The molecule has 2 aromatic carbocycles. The topological polar surface area (TPSA) is 96.0 Å². The minimum absolute atomic E-state index is 0.0287. The van der Waals surface area contributed by atoms with Crippen LogP contribution in [-0.4, -0.2) is 27.1 Å². The molecular formula is C16H14FN5O2S. The maximum atomic E-state index is 13.6. The van der Waals surface area contributed by atoms with Crippen LogP contribution in [0.3, 0.4) is 0 Å². The average Bonchev–Trinajstić information content (AvgIpc) is 3.05. The fourth-order valence-electron chi connectivity index (χ4n) is 2.20. The Bertz CT molecular complexity index is 943. The molecule has 1 heterocycles. The Labute approximate surface area is 146 Å². The fraction of sp³-hybridized carbons (Fsp3) is 0.125. The van der Waals surface area contributed by atoms with E-state index in [0.29, 0.717) is 22.4 Å². The molecule has 0 spiro atoms. The largest absolute Gasteiger partial charge is 0.376 e. The van der Waals surface area contributed by atoms with Gasteiger partial charge in [-0.25, -0.2) is 4.39 Å². The monoisotopic (exact) mass is 359 g/mol. The zero-order valence-corrected chi connectivity index (χ0v) is 14.0. The van der Waals surface area contributed by atoms with E-state index in [2.05, 4.69) is 24.7 Å². The Kier molecular flexibility index (Phi) is 4.85. The molecular weight excluding hydrogens is 345 g/mol. The molecule has 0 aliphatic heterocycles. The Morgan fingerprint density at radius 1 is 1.12 bits per heavy atom. The summed E-state index contributed by atoms with van der Waals surface area (Å²) in [7, 11) is 0. The highest BCUT2D eigenvalue weighted by atomic mass is 32.1. The molecule has 0 fully saturated rings. The molecule has 0 atom stereocenters. The van der Waals surface area contributed by atoms with Gasteiger partial charge in [0, 0.05) is 12.6 Å². The van der Waals surface area contributed by atoms with Crippen molar-refractivity contribution in [1.82, 2.24) is 8.75 Å². The van der Waals surface area contributed by atoms with Crippen LogP contribution in [0.1, 0.15) is 6.92 Å². The van der Waals surface area contributed by atoms with Crippen LogP contribution in [0.5, 0.6) is 0 Å². The first-order valence-electron chi connectivity index (χ1n) is 7.35. The van der Waals surface area contributed by atoms with Crippen molar-refractivity contribution >= 4 is 51.6 Å². The molecule has 0 saturated heterocycles. The van der Waals surface area contributed by atoms with E-state index in [1.807, 2.05) is 6.07 Å². The second-order valence-corrected chi connectivity index (χ2v) is 5.74. The molecule has 3 N–H and O–H groups in total. The number of amides is 2. The number of fused-ring (bicyclic) bond motifs is 1. The fourth-order valence-corrected chi connectivity index (χ4v) is 2.75. The van der Waals surface area contributed by atoms with E-state index in [-0.39, 0.29) is 24.0 Å². The van der Waals surface area contributed by atoms with Crippen molar-refractivity contribution in [3.63, 3.8) is 0 Å². The van der Waals surface area contributed by atoms with E-state index in [0.717, 1.165) is 11.7 Å². The van der Waals surface area contributed by atoms with Crippen LogP contribution in [0.25, 0.3) is 11.0 Å². The van der Waals surface area contributed by atoms with Gasteiger partial charge in [-0.15, -0.1) is 0 Å². The number of aromatic nitrogens is 2. The number of anilines is 3. The molecule has 25 heavy (non-hydrogen) atoms. The van der Waals surface area contributed by atoms with Gasteiger partial charge in [-0.05, 0) is 30.3 Å². The van der Waals surface area contributed by atoms with E-state index in [9.17, 15) is 14.0 Å². The first-order valence-corrected chi connectivity index (χ1v) is 8.08. The van der Waals surface area contributed by atoms with Crippen molar-refractivity contribution in [2.45, 2.75) is 6.92 Å². The second kappa shape index (κ2) is 7.22. The van der Waals surface area contributed by atoms with Crippen molar-refractivity contribution in [2.75, 3.05) is 22.5 Å². The molecule has 2 amide bonds. The zero-order chi connectivity index (χ0) is 17.8. The van der Waals surface area contributed by atoms with Gasteiger partial charge in [0.05, 0.1) is 29.6 Å². The molecule has 9 heteroatoms. The molecule has 7 nitrogen and oxygen atoms in total. The third kappa shape index (κ3) is 4.07. The summed E-state index contributed by atoms with van der Waals surface area (Å²) >= 11 is 1.08. The van der Waals surface area contributed by atoms with Gasteiger partial charge in [-0.2, -0.15) is 8.75 Å². The quantitative estimate of drug-likeness (QED) is 0.651. The van der Waals surface area contributed by atoms with Crippen molar-refractivity contribution < 1.29 is 14.0 Å². The summed E-state index contributed by atoms with van der Waals surface area (Å²) in [6.45, 7) is 1.26. The van der Waals surface area contributed by atoms with E-state index in [4.69, 9.17) is 0 Å². The second-order valence-electron chi connectivity index (χ2n) is 5.22. The molecule has 3 rings (SSSR count). The van der Waals surface area contributed by atoms with Crippen LogP contribution < -0.4 is 16.0 Å². The maximum absolute atomic E-state index is 13.6. The van der Waals surface area contributed by atoms with E-state index < -0.39 is 5.82 Å². The van der Waals surface area contributed by atoms with Gasteiger partial charge in [-0.1, -0.05) is 6.07 Å². The minimum atomic E-state index is -0.548. The Morgan fingerprint density at radius 3 is 2.76 bits per heavy atom. The number of hydrogen-bond acceptors (Lipinski definition) is 6. The number of benzene rings is 2. The third-order valence-electron chi connectivity index (χ3n) is 3.29. The highest BCUT2D eigenvalue weighted by Crippen LogP contribution is 2.22. The predicted molar refractivity (Wildman–Crippen MR) is 95.2 cm³/mol. The summed E-state index contributed by atoms with van der Waals surface area (Å²) in [5, 5.41) is 8.03. The van der Waals surface area contributed by atoms with Crippen molar-refractivity contribution in [2.24, 2.45) is 0 Å². The Hall–Kier alpha value is -3.07. The first-order chi connectivity index (χ1) is 12.0. The summed E-state index contributed by atoms with van der Waals surface area (Å²) < 4.78 is 21.9. The minimum Gasteiger partial charge on any atom is -0.376 e. The van der Waals surface area contributed by atoms with Crippen LogP contribution in [0.2, 0.25) is 0 Å². The normalized spacial score (nSPS) is 10.5. The van der Waals surface area contributed by atoms with Gasteiger partial charge in [0.25, 0.3) is 0 Å². The lowest BCUT2D eigenvalue weighted by atomic mass is 10.2. The summed E-state index contributed by atoms with van der Waals surface area (Å²) in [6, 6.07) is 9.47. The number of halogens is 1. The number of carbonyl (C=O) groups is 2. The number of hydrogen-bond donors (Lipinski definition) is 3. The summed E-state index contributed by atoms with van der Waals surface area (Å²) in [5.41, 5.74) is 2.49. The van der Waals surface area contributed by atoms with Crippen LogP contribution in [0, 0.1) is 5.82 Å². The van der Waals surface area contributed by atoms with E-state index in [1.54, 1.807) is 12.1 Å². The number of nitrogens with one attached hydrogen (secondary N) is 3. The molecule has 0 radical (unpaired) electrons. The average molecular weight is 359 g/mol. The summed E-state index contributed by atoms with van der Waals surface area (Å²) in [5.74, 6) is -1.21. The zero-order valence-electron chi connectivity index (χ0n) is 13.2. The van der Waals surface area contributed by atoms with Gasteiger partial charge in [0.15, 0.2) is 0 Å². The molecule has 0 unspecified atom stereocenters. The molecule has 0 bridgehead atoms. The highest BCUT2D eigenvalue weighted by molar-refractivity contribution is 7.00. The molecule has 128 valence electrons. The standard InChI is InChI=1S/C16H14FN5O2S/c1-9(23)19-14-7-10(5-6-11(14)17)18-8-15(24)20-12-3-2-4-13-16(12)22-25-21-13/h2-7,18H,8H2,1H3,(H,19,23)(H,20,24). The SMILES string of the molecule is CC(=O)Nc1cc(NCC(=O)Nc2cccc3nsnc23)ccc1F. The molecule has 0 saturated carbocycles. The molecule has 1 aromatic heterocycles. The third-order valence-corrected chi connectivity index (χ3v) is 3.83. The molecule has 0 aliphatic carbocycles. The van der Waals surface area contributed by atoms with Gasteiger partial charge >= 0.3 is 0 Å². The molecule has 3 aromatic rings. The smallest absolute Gasteiger partial charge is 0.243 e. The van der Waals surface area contributed by atoms with Crippen molar-refractivity contribution in [3.05, 3.63) is 42.2 Å². The van der Waals surface area contributed by atoms with E-state index >= 15 is 0 Å². The van der Waals surface area contributed by atoms with Gasteiger partial charge in [0.1, 0.15) is 16.9 Å². The van der Waals surface area contributed by atoms with Crippen LogP contribution in [0.15, 0.2) is 36.4 Å². The van der Waals surface area contributed by atoms with Crippen LogP contribution >= 0.6 is 11.7 Å². The Balaban J connectivity index is 1.64. The van der Waals surface area contributed by atoms with Crippen LogP contribution in [0.4, 0.5) is 21.5 Å². The van der Waals surface area contributed by atoms with E-state index in [1.165, 1.54) is 25.1 Å². The highest BCUT2D eigenvalue weighted by Gasteiger charge is 2.09. The van der Waals surface area contributed by atoms with Gasteiger partial charge in [-0.3, -0.25) is 9.59 Å². The predicted octanol–water partition coefficient (Wildman–Crippen LogP) is 2.84. The Morgan fingerprint density at radius 2 is 1.96 bits per heavy atom. The summed E-state index contributed by atoms with van der Waals surface area (Å²) in [6.07, 6.45) is 0. The lowest BCUT2D eigenvalue weighted by Gasteiger charge is -2.10. The summed E-state index contributed by atoms with van der Waals surface area (Å²) in [4.78, 5) is 23.2. The number of nitrogens with zero attached hydrogens (tertiary/aromatic N) is 2. The van der Waals surface area contributed by atoms with Crippen molar-refractivity contribution in [1.29, 1.82) is 0 Å². The van der Waals surface area contributed by atoms with Gasteiger partial charge < -0.3 is 16.0 Å². The number of carbonyl (C=O) groups excluding carboxylic acids is 2. The molecule has 0 aliphatic rings. The number of rotatable bonds is 5. The lowest BCUT2D eigenvalue weighted by Crippen LogP contribution is -2.22. The maximum Gasteiger partial charge on any atom is 0.243 e. The lowest BCUT2D eigenvalue weighted by molar-refractivity contribution is -0.115. The van der Waals surface area contributed by atoms with Crippen LogP contribution in [-0.2, 0) is 9.59 Å². The first kappa shape index (κ1) is 16.8.